The Morgan fingerprint density at radius 2 is 1.74 bits per heavy atom. The predicted molar refractivity (Wildman–Crippen MR) is 118 cm³/mol. The molecule has 0 fully saturated rings. The summed E-state index contributed by atoms with van der Waals surface area (Å²) in [5, 5.41) is 0. The largest absolute Gasteiger partial charge is 0.496 e. The van der Waals surface area contributed by atoms with Crippen LogP contribution >= 0.6 is 0 Å². The Morgan fingerprint density at radius 3 is 2.26 bits per heavy atom. The number of hydrogen-bond donors (Lipinski definition) is 0. The lowest BCUT2D eigenvalue weighted by molar-refractivity contribution is -0.201. The number of methoxy groups -OCH3 is 1. The third-order valence-corrected chi connectivity index (χ3v) is 5.82. The van der Waals surface area contributed by atoms with E-state index in [1.165, 1.54) is 38.2 Å². The molecule has 168 valence electrons. The summed E-state index contributed by atoms with van der Waals surface area (Å²) in [7, 11) is 3.01. The predicted octanol–water partition coefficient (Wildman–Crippen LogP) is 6.03. The molecule has 0 aromatic heterocycles. The second kappa shape index (κ2) is 10.0. The van der Waals surface area contributed by atoms with E-state index >= 15 is 0 Å². The lowest BCUT2D eigenvalue weighted by Crippen LogP contribution is -2.54. The zero-order chi connectivity index (χ0) is 23.2. The van der Waals surface area contributed by atoms with Gasteiger partial charge in [0.1, 0.15) is 5.75 Å². The van der Waals surface area contributed by atoms with Gasteiger partial charge < -0.3 is 9.64 Å². The van der Waals surface area contributed by atoms with Crippen LogP contribution in [0.2, 0.25) is 0 Å². The molecule has 0 spiro atoms. The van der Waals surface area contributed by atoms with E-state index < -0.39 is 17.5 Å². The third kappa shape index (κ3) is 4.94. The number of alkyl halides is 3. The van der Waals surface area contributed by atoms with E-state index in [2.05, 4.69) is 6.58 Å². The first-order chi connectivity index (χ1) is 14.6. The summed E-state index contributed by atoms with van der Waals surface area (Å²) in [4.78, 5) is 14.3. The van der Waals surface area contributed by atoms with Gasteiger partial charge in [-0.25, -0.2) is 0 Å². The first kappa shape index (κ1) is 24.5. The van der Waals surface area contributed by atoms with Gasteiger partial charge in [0.25, 0.3) is 0 Å². The molecule has 1 amide bonds. The van der Waals surface area contributed by atoms with E-state index in [0.29, 0.717) is 6.42 Å². The van der Waals surface area contributed by atoms with Crippen LogP contribution in [-0.4, -0.2) is 37.7 Å². The molecular formula is C25H30F3NO2. The van der Waals surface area contributed by atoms with Gasteiger partial charge in [0.05, 0.1) is 7.11 Å². The van der Waals surface area contributed by atoms with Crippen LogP contribution in [-0.2, 0) is 16.6 Å². The Hall–Kier alpha value is -2.76. The van der Waals surface area contributed by atoms with Crippen LogP contribution in [0.15, 0.2) is 55.1 Å². The molecule has 0 saturated heterocycles. The Kier molecular flexibility index (Phi) is 7.93. The average Bonchev–Trinajstić information content (AvgIpc) is 2.77. The van der Waals surface area contributed by atoms with E-state index in [1.807, 2.05) is 25.1 Å². The highest BCUT2D eigenvalue weighted by Crippen LogP contribution is 2.45. The van der Waals surface area contributed by atoms with E-state index in [0.717, 1.165) is 33.8 Å². The molecule has 2 aromatic rings. The van der Waals surface area contributed by atoms with Crippen LogP contribution in [0.25, 0.3) is 5.57 Å². The second-order valence-electron chi connectivity index (χ2n) is 7.58. The normalized spacial score (nSPS) is 13.4. The Balaban J connectivity index is 2.22. The molecule has 0 unspecified atom stereocenters. The lowest BCUT2D eigenvalue weighted by atomic mass is 9.76. The average molecular weight is 434 g/mol. The van der Waals surface area contributed by atoms with E-state index in [1.54, 1.807) is 13.2 Å². The summed E-state index contributed by atoms with van der Waals surface area (Å²) in [5.74, 6) is -0.211. The van der Waals surface area contributed by atoms with Gasteiger partial charge >= 0.3 is 6.18 Å². The van der Waals surface area contributed by atoms with Gasteiger partial charge in [0.15, 0.2) is 5.41 Å². The van der Waals surface area contributed by atoms with Crippen LogP contribution in [0.5, 0.6) is 5.75 Å². The maximum Gasteiger partial charge on any atom is 0.407 e. The third-order valence-electron chi connectivity index (χ3n) is 5.82. The monoisotopic (exact) mass is 433 g/mol. The number of aryl methyl sites for hydroxylation is 1. The molecule has 0 saturated carbocycles. The highest BCUT2D eigenvalue weighted by atomic mass is 19.4. The highest BCUT2D eigenvalue weighted by Gasteiger charge is 2.60. The minimum absolute atomic E-state index is 0.0411. The van der Waals surface area contributed by atoms with Crippen molar-refractivity contribution < 1.29 is 22.7 Å². The summed E-state index contributed by atoms with van der Waals surface area (Å²) in [6.45, 7) is 7.61. The topological polar surface area (TPSA) is 29.5 Å². The summed E-state index contributed by atoms with van der Waals surface area (Å²) in [6, 6.07) is 13.2. The number of hydrogen-bond acceptors (Lipinski definition) is 2. The van der Waals surface area contributed by atoms with Gasteiger partial charge in [0.2, 0.25) is 5.91 Å². The van der Waals surface area contributed by atoms with Crippen LogP contribution in [0, 0.1) is 0 Å². The molecule has 0 heterocycles. The number of carbonyl (C=O) groups excluding carboxylic acids is 1. The molecule has 3 nitrogen and oxygen atoms in total. The number of carbonyl (C=O) groups is 1. The van der Waals surface area contributed by atoms with Crippen molar-refractivity contribution >= 4 is 11.5 Å². The zero-order valence-corrected chi connectivity index (χ0v) is 18.6. The Bertz CT molecular complexity index is 909. The molecule has 2 rings (SSSR count). The molecule has 2 aromatic carbocycles. The molecule has 0 aliphatic heterocycles. The quantitative estimate of drug-likeness (QED) is 0.483. The number of likely N-dealkylation sites (N-methyl/N-ethyl adjacent to an activating group) is 1. The molecule has 31 heavy (non-hydrogen) atoms. The van der Waals surface area contributed by atoms with Crippen molar-refractivity contribution in [2.75, 3.05) is 20.7 Å². The van der Waals surface area contributed by atoms with Gasteiger partial charge in [0, 0.05) is 13.6 Å². The fourth-order valence-electron chi connectivity index (χ4n) is 3.82. The molecule has 6 heteroatoms. The number of rotatable bonds is 9. The van der Waals surface area contributed by atoms with Crippen LogP contribution in [0.1, 0.15) is 43.4 Å². The highest BCUT2D eigenvalue weighted by molar-refractivity contribution is 5.89. The molecule has 0 bridgehead atoms. The van der Waals surface area contributed by atoms with Gasteiger partial charge in [-0.2, -0.15) is 13.2 Å². The van der Waals surface area contributed by atoms with Crippen LogP contribution < -0.4 is 4.74 Å². The van der Waals surface area contributed by atoms with Crippen molar-refractivity contribution in [1.29, 1.82) is 0 Å². The maximum atomic E-state index is 14.2. The van der Waals surface area contributed by atoms with Crippen molar-refractivity contribution in [2.24, 2.45) is 0 Å². The van der Waals surface area contributed by atoms with E-state index in [-0.39, 0.29) is 18.5 Å². The number of amides is 1. The first-order valence-electron chi connectivity index (χ1n) is 10.3. The molecule has 0 aliphatic carbocycles. The summed E-state index contributed by atoms with van der Waals surface area (Å²) < 4.78 is 48.0. The second-order valence-corrected chi connectivity index (χ2v) is 7.58. The summed E-state index contributed by atoms with van der Waals surface area (Å²) >= 11 is 0. The Morgan fingerprint density at radius 1 is 1.10 bits per heavy atom. The fraction of sp³-hybridized carbons (Fsp3) is 0.400. The first-order valence-corrected chi connectivity index (χ1v) is 10.3. The van der Waals surface area contributed by atoms with Crippen molar-refractivity contribution in [1.82, 2.24) is 4.90 Å². The van der Waals surface area contributed by atoms with E-state index in [9.17, 15) is 18.0 Å². The van der Waals surface area contributed by atoms with E-state index in [4.69, 9.17) is 4.74 Å². The lowest BCUT2D eigenvalue weighted by Gasteiger charge is -2.37. The molecule has 0 aliphatic rings. The smallest absolute Gasteiger partial charge is 0.407 e. The van der Waals surface area contributed by atoms with Crippen molar-refractivity contribution in [2.45, 2.75) is 44.7 Å². The number of ether oxygens (including phenoxy) is 1. The SMILES string of the molecule is C=C(CCN(C)C(=O)[C@](CC)(c1ccccc1)C(F)(F)F)c1ccc(CC)c(OC)c1. The molecule has 1 atom stereocenters. The number of halogens is 3. The van der Waals surface area contributed by atoms with Crippen LogP contribution in [0.4, 0.5) is 13.2 Å². The van der Waals surface area contributed by atoms with Crippen LogP contribution in [0.3, 0.4) is 0 Å². The summed E-state index contributed by atoms with van der Waals surface area (Å²) in [5.41, 5.74) is 0.0220. The van der Waals surface area contributed by atoms with Gasteiger partial charge in [-0.3, -0.25) is 4.79 Å². The molecular weight excluding hydrogens is 403 g/mol. The molecule has 0 radical (unpaired) electrons. The minimum Gasteiger partial charge on any atom is -0.496 e. The summed E-state index contributed by atoms with van der Waals surface area (Å²) in [6.07, 6.45) is -3.92. The van der Waals surface area contributed by atoms with Crippen molar-refractivity contribution in [3.05, 3.63) is 71.8 Å². The fourth-order valence-corrected chi connectivity index (χ4v) is 3.82. The van der Waals surface area contributed by atoms with Gasteiger partial charge in [-0.1, -0.05) is 62.9 Å². The van der Waals surface area contributed by atoms with Gasteiger partial charge in [-0.15, -0.1) is 0 Å². The minimum atomic E-state index is -4.71. The standard InChI is InChI=1S/C25H30F3NO2/c1-6-19-13-14-20(17-22(19)31-5)18(3)15-16-29(4)23(30)24(7-2,25(26,27)28)21-11-9-8-10-12-21/h8-14,17H,3,6-7,15-16H2,1-2,4-5H3/t24-/m0/s1. The Labute approximate surface area is 182 Å². The zero-order valence-electron chi connectivity index (χ0n) is 18.6. The van der Waals surface area contributed by atoms with Gasteiger partial charge in [-0.05, 0) is 47.6 Å². The number of nitrogens with zero attached hydrogens (tertiary/aromatic N) is 1. The van der Waals surface area contributed by atoms with Crippen molar-refractivity contribution in [3.8, 4) is 5.75 Å². The number of benzene rings is 2. The molecule has 0 N–H and O–H groups in total. The maximum absolute atomic E-state index is 14.2. The van der Waals surface area contributed by atoms with Crippen molar-refractivity contribution in [3.63, 3.8) is 0 Å².